The van der Waals surface area contributed by atoms with Gasteiger partial charge in [-0.05, 0) is 6.92 Å². The zero-order valence-electron chi connectivity index (χ0n) is 10.4. The van der Waals surface area contributed by atoms with Gasteiger partial charge in [-0.2, -0.15) is 0 Å². The van der Waals surface area contributed by atoms with Crippen molar-refractivity contribution >= 4 is 12.0 Å². The summed E-state index contributed by atoms with van der Waals surface area (Å²) in [7, 11) is 1.67. The van der Waals surface area contributed by atoms with Crippen LogP contribution in [-0.2, 0) is 9.53 Å². The van der Waals surface area contributed by atoms with Gasteiger partial charge in [0.05, 0.1) is 5.92 Å². The van der Waals surface area contributed by atoms with Crippen LogP contribution in [0.15, 0.2) is 0 Å². The Bertz CT molecular complexity index is 278. The number of rotatable bonds is 3. The van der Waals surface area contributed by atoms with Crippen molar-refractivity contribution < 1.29 is 14.3 Å². The second kappa shape index (κ2) is 5.18. The highest BCUT2D eigenvalue weighted by molar-refractivity contribution is 5.76. The Balaban J connectivity index is 2.58. The highest BCUT2D eigenvalue weighted by Crippen LogP contribution is 2.16. The van der Waals surface area contributed by atoms with Crippen molar-refractivity contribution in [1.29, 1.82) is 0 Å². The first-order chi connectivity index (χ1) is 7.47. The molecule has 1 aliphatic rings. The molecule has 5 nitrogen and oxygen atoms in total. The summed E-state index contributed by atoms with van der Waals surface area (Å²) in [5.74, 6) is -0.415. The topological polar surface area (TPSA) is 49.9 Å². The molecule has 16 heavy (non-hydrogen) atoms. The average Bonchev–Trinajstić information content (AvgIpc) is 2.25. The molecule has 0 aliphatic carbocycles. The number of carbonyl (C=O) groups is 2. The lowest BCUT2D eigenvalue weighted by Crippen LogP contribution is -2.53. The van der Waals surface area contributed by atoms with Crippen LogP contribution in [0, 0.1) is 5.92 Å². The zero-order chi connectivity index (χ0) is 12.3. The molecule has 0 radical (unpaired) electrons. The number of amides is 2. The predicted molar refractivity (Wildman–Crippen MR) is 59.7 cm³/mol. The van der Waals surface area contributed by atoms with E-state index >= 15 is 0 Å². The minimum Gasteiger partial charge on any atom is -0.441 e. The van der Waals surface area contributed by atoms with Crippen molar-refractivity contribution in [3.05, 3.63) is 0 Å². The molecule has 0 spiro atoms. The molecule has 0 aromatic rings. The standard InChI is InChI=1S/C11H20N2O3/c1-5-13-7-6-9(12(4)11(13)15)16-10(14)8(2)3/h8-9H,5-7H2,1-4H3. The minimum absolute atomic E-state index is 0.0738. The van der Waals surface area contributed by atoms with Gasteiger partial charge in [0, 0.05) is 26.6 Å². The minimum atomic E-state index is -0.412. The van der Waals surface area contributed by atoms with Gasteiger partial charge in [-0.1, -0.05) is 13.8 Å². The molecule has 1 fully saturated rings. The highest BCUT2D eigenvalue weighted by atomic mass is 16.6. The van der Waals surface area contributed by atoms with Crippen LogP contribution >= 0.6 is 0 Å². The van der Waals surface area contributed by atoms with Crippen molar-refractivity contribution in [2.45, 2.75) is 33.4 Å². The van der Waals surface area contributed by atoms with Crippen LogP contribution in [0.4, 0.5) is 4.79 Å². The van der Waals surface area contributed by atoms with E-state index in [1.54, 1.807) is 25.8 Å². The molecule has 1 unspecified atom stereocenters. The van der Waals surface area contributed by atoms with Crippen LogP contribution in [0.1, 0.15) is 27.2 Å². The highest BCUT2D eigenvalue weighted by Gasteiger charge is 2.32. The summed E-state index contributed by atoms with van der Waals surface area (Å²) in [6.45, 7) is 6.84. The van der Waals surface area contributed by atoms with Crippen LogP contribution < -0.4 is 0 Å². The van der Waals surface area contributed by atoms with E-state index < -0.39 is 6.23 Å². The molecule has 0 aromatic carbocycles. The number of carbonyl (C=O) groups excluding carboxylic acids is 2. The van der Waals surface area contributed by atoms with Crippen molar-refractivity contribution in [2.24, 2.45) is 5.92 Å². The molecule has 1 heterocycles. The maximum absolute atomic E-state index is 11.8. The molecule has 0 saturated carbocycles. The molecule has 1 rings (SSSR count). The zero-order valence-corrected chi connectivity index (χ0v) is 10.4. The fourth-order valence-corrected chi connectivity index (χ4v) is 1.60. The van der Waals surface area contributed by atoms with Gasteiger partial charge in [0.1, 0.15) is 0 Å². The summed E-state index contributed by atoms with van der Waals surface area (Å²) in [6.07, 6.45) is 0.263. The third-order valence-corrected chi connectivity index (χ3v) is 2.76. The van der Waals surface area contributed by atoms with E-state index in [0.29, 0.717) is 19.5 Å². The number of nitrogens with zero attached hydrogens (tertiary/aromatic N) is 2. The first-order valence-corrected chi connectivity index (χ1v) is 5.69. The number of esters is 1. The fraction of sp³-hybridized carbons (Fsp3) is 0.818. The second-order valence-corrected chi connectivity index (χ2v) is 4.31. The summed E-state index contributed by atoms with van der Waals surface area (Å²) in [6, 6.07) is -0.0738. The van der Waals surface area contributed by atoms with Gasteiger partial charge in [-0.25, -0.2) is 4.79 Å². The molecule has 1 atom stereocenters. The van der Waals surface area contributed by atoms with Crippen molar-refractivity contribution in [2.75, 3.05) is 20.1 Å². The van der Waals surface area contributed by atoms with Crippen LogP contribution in [0.5, 0.6) is 0 Å². The number of urea groups is 1. The summed E-state index contributed by atoms with van der Waals surface area (Å²) >= 11 is 0. The summed E-state index contributed by atoms with van der Waals surface area (Å²) < 4.78 is 5.27. The maximum Gasteiger partial charge on any atom is 0.322 e. The predicted octanol–water partition coefficient (Wildman–Crippen LogP) is 1.29. The summed E-state index contributed by atoms with van der Waals surface area (Å²) in [5.41, 5.74) is 0. The van der Waals surface area contributed by atoms with Crippen LogP contribution in [0.2, 0.25) is 0 Å². The summed E-state index contributed by atoms with van der Waals surface area (Å²) in [4.78, 5) is 26.4. The van der Waals surface area contributed by atoms with Crippen molar-refractivity contribution in [3.63, 3.8) is 0 Å². The van der Waals surface area contributed by atoms with E-state index in [1.807, 2.05) is 6.92 Å². The maximum atomic E-state index is 11.8. The average molecular weight is 228 g/mol. The molecule has 2 amide bonds. The lowest BCUT2D eigenvalue weighted by atomic mass is 10.2. The quantitative estimate of drug-likeness (QED) is 0.684. The Morgan fingerprint density at radius 2 is 2.19 bits per heavy atom. The molecule has 5 heteroatoms. The Labute approximate surface area is 96.3 Å². The van der Waals surface area contributed by atoms with Crippen molar-refractivity contribution in [3.8, 4) is 0 Å². The van der Waals surface area contributed by atoms with Gasteiger partial charge < -0.3 is 9.64 Å². The van der Waals surface area contributed by atoms with E-state index in [9.17, 15) is 9.59 Å². The first kappa shape index (κ1) is 12.8. The SMILES string of the molecule is CCN1CCC(OC(=O)C(C)C)N(C)C1=O. The van der Waals surface area contributed by atoms with Gasteiger partial charge in [-0.3, -0.25) is 9.69 Å². The van der Waals surface area contributed by atoms with Crippen LogP contribution in [0.25, 0.3) is 0 Å². The van der Waals surface area contributed by atoms with Gasteiger partial charge in [-0.15, -0.1) is 0 Å². The number of hydrogen-bond acceptors (Lipinski definition) is 3. The largest absolute Gasteiger partial charge is 0.441 e. The van der Waals surface area contributed by atoms with Crippen LogP contribution in [0.3, 0.4) is 0 Å². The number of ether oxygens (including phenoxy) is 1. The second-order valence-electron chi connectivity index (χ2n) is 4.31. The monoisotopic (exact) mass is 228 g/mol. The van der Waals surface area contributed by atoms with Crippen molar-refractivity contribution in [1.82, 2.24) is 9.80 Å². The number of hydrogen-bond donors (Lipinski definition) is 0. The Morgan fingerprint density at radius 3 is 2.69 bits per heavy atom. The van der Waals surface area contributed by atoms with Crippen LogP contribution in [-0.4, -0.2) is 48.2 Å². The molecule has 1 aliphatic heterocycles. The molecule has 0 aromatic heterocycles. The summed E-state index contributed by atoms with van der Waals surface area (Å²) in [5, 5.41) is 0. The first-order valence-electron chi connectivity index (χ1n) is 5.69. The Hall–Kier alpha value is -1.26. The molecular weight excluding hydrogens is 208 g/mol. The third kappa shape index (κ3) is 2.65. The third-order valence-electron chi connectivity index (χ3n) is 2.76. The smallest absolute Gasteiger partial charge is 0.322 e. The lowest BCUT2D eigenvalue weighted by molar-refractivity contribution is -0.162. The lowest BCUT2D eigenvalue weighted by Gasteiger charge is -2.38. The normalized spacial score (nSPS) is 21.6. The van der Waals surface area contributed by atoms with E-state index in [0.717, 1.165) is 0 Å². The van der Waals surface area contributed by atoms with E-state index in [2.05, 4.69) is 0 Å². The molecule has 0 bridgehead atoms. The van der Waals surface area contributed by atoms with E-state index in [4.69, 9.17) is 4.74 Å². The van der Waals surface area contributed by atoms with E-state index in [1.165, 1.54) is 4.90 Å². The molecule has 92 valence electrons. The molecule has 1 saturated heterocycles. The van der Waals surface area contributed by atoms with Gasteiger partial charge in [0.25, 0.3) is 0 Å². The Kier molecular flexibility index (Phi) is 4.15. The van der Waals surface area contributed by atoms with Gasteiger partial charge in [0.2, 0.25) is 0 Å². The molecular formula is C11H20N2O3. The van der Waals surface area contributed by atoms with E-state index in [-0.39, 0.29) is 17.9 Å². The van der Waals surface area contributed by atoms with Gasteiger partial charge >= 0.3 is 12.0 Å². The molecule has 0 N–H and O–H groups in total. The van der Waals surface area contributed by atoms with Gasteiger partial charge in [0.15, 0.2) is 6.23 Å². The Morgan fingerprint density at radius 1 is 1.56 bits per heavy atom. The fourth-order valence-electron chi connectivity index (χ4n) is 1.60.